The molecule has 0 fully saturated rings. The fourth-order valence-electron chi connectivity index (χ4n) is 1.45. The van der Waals surface area contributed by atoms with Crippen LogP contribution in [-0.4, -0.2) is 9.97 Å². The highest BCUT2D eigenvalue weighted by Crippen LogP contribution is 2.34. The van der Waals surface area contributed by atoms with Crippen molar-refractivity contribution in [3.8, 4) is 0 Å². The third-order valence-electron chi connectivity index (χ3n) is 2.21. The summed E-state index contributed by atoms with van der Waals surface area (Å²) in [6.45, 7) is 4.26. The lowest BCUT2D eigenvalue weighted by Crippen LogP contribution is -1.93. The van der Waals surface area contributed by atoms with Gasteiger partial charge in [-0.2, -0.15) is 0 Å². The van der Waals surface area contributed by atoms with Crippen molar-refractivity contribution in [1.29, 1.82) is 0 Å². The molecule has 0 atom stereocenters. The molecule has 2 aromatic heterocycles. The average molecular weight is 261 g/mol. The molecular formula is C10H10Cl2N2S. The van der Waals surface area contributed by atoms with Gasteiger partial charge in [-0.1, -0.05) is 25.4 Å². The molecule has 80 valence electrons. The van der Waals surface area contributed by atoms with Crippen molar-refractivity contribution < 1.29 is 0 Å². The van der Waals surface area contributed by atoms with Crippen LogP contribution in [0.25, 0.3) is 10.2 Å². The Morgan fingerprint density at radius 3 is 2.73 bits per heavy atom. The van der Waals surface area contributed by atoms with E-state index in [0.29, 0.717) is 22.8 Å². The first-order valence-corrected chi connectivity index (χ1v) is 6.42. The lowest BCUT2D eigenvalue weighted by atomic mass is 10.1. The average Bonchev–Trinajstić information content (AvgIpc) is 2.61. The second kappa shape index (κ2) is 4.24. The second-order valence-corrected chi connectivity index (χ2v) is 5.07. The highest BCUT2D eigenvalue weighted by Gasteiger charge is 2.14. The third kappa shape index (κ3) is 1.96. The summed E-state index contributed by atoms with van der Waals surface area (Å²) in [5, 5.41) is 3.58. The van der Waals surface area contributed by atoms with E-state index >= 15 is 0 Å². The van der Waals surface area contributed by atoms with E-state index in [0.717, 1.165) is 10.2 Å². The lowest BCUT2D eigenvalue weighted by molar-refractivity contribution is 0.879. The highest BCUT2D eigenvalue weighted by molar-refractivity contribution is 7.17. The fraction of sp³-hybridized carbons (Fsp3) is 0.400. The first kappa shape index (κ1) is 11.1. The molecule has 15 heavy (non-hydrogen) atoms. The summed E-state index contributed by atoms with van der Waals surface area (Å²) in [4.78, 5) is 9.44. The molecule has 0 saturated carbocycles. The summed E-state index contributed by atoms with van der Waals surface area (Å²) in [7, 11) is 0. The normalized spacial score (nSPS) is 11.5. The number of fused-ring (bicyclic) bond motifs is 1. The summed E-state index contributed by atoms with van der Waals surface area (Å²) in [5.74, 6) is 1.32. The van der Waals surface area contributed by atoms with Crippen molar-refractivity contribution in [2.45, 2.75) is 25.6 Å². The number of hydrogen-bond donors (Lipinski definition) is 0. The molecule has 2 aromatic rings. The molecule has 0 aliphatic heterocycles. The standard InChI is InChI=1S/C10H10Cl2N2S/c1-5(2)6-4-15-10-8(6)9(12)13-7(3-11)14-10/h4-5H,3H2,1-2H3. The number of aromatic nitrogens is 2. The third-order valence-corrected chi connectivity index (χ3v) is 3.61. The van der Waals surface area contributed by atoms with Gasteiger partial charge in [0.05, 0.1) is 11.3 Å². The Morgan fingerprint density at radius 1 is 1.40 bits per heavy atom. The van der Waals surface area contributed by atoms with Gasteiger partial charge in [-0.05, 0) is 16.9 Å². The van der Waals surface area contributed by atoms with Gasteiger partial charge in [0.2, 0.25) is 0 Å². The number of hydrogen-bond acceptors (Lipinski definition) is 3. The van der Waals surface area contributed by atoms with E-state index in [1.165, 1.54) is 5.56 Å². The SMILES string of the molecule is CC(C)c1csc2nc(CCl)nc(Cl)c12. The predicted octanol–water partition coefficient (Wildman–Crippen LogP) is 4.21. The number of thiophene rings is 1. The summed E-state index contributed by atoms with van der Waals surface area (Å²) >= 11 is 13.4. The molecule has 5 heteroatoms. The number of alkyl halides is 1. The molecule has 0 aromatic carbocycles. The zero-order valence-electron chi connectivity index (χ0n) is 8.42. The van der Waals surface area contributed by atoms with Gasteiger partial charge >= 0.3 is 0 Å². The minimum atomic E-state index is 0.296. The van der Waals surface area contributed by atoms with Crippen LogP contribution in [0.15, 0.2) is 5.38 Å². The van der Waals surface area contributed by atoms with Gasteiger partial charge in [-0.3, -0.25) is 0 Å². The Kier molecular flexibility index (Phi) is 3.14. The van der Waals surface area contributed by atoms with Crippen LogP contribution >= 0.6 is 34.5 Å². The minimum absolute atomic E-state index is 0.296. The summed E-state index contributed by atoms with van der Waals surface area (Å²) in [5.41, 5.74) is 1.21. The van der Waals surface area contributed by atoms with E-state index in [1.54, 1.807) is 11.3 Å². The number of halogens is 2. The van der Waals surface area contributed by atoms with Crippen molar-refractivity contribution in [1.82, 2.24) is 9.97 Å². The largest absolute Gasteiger partial charge is 0.221 e. The van der Waals surface area contributed by atoms with E-state index in [2.05, 4.69) is 29.2 Å². The van der Waals surface area contributed by atoms with Crippen LogP contribution in [-0.2, 0) is 5.88 Å². The minimum Gasteiger partial charge on any atom is -0.221 e. The molecule has 0 aliphatic carbocycles. The maximum absolute atomic E-state index is 6.13. The molecule has 0 unspecified atom stereocenters. The summed E-state index contributed by atoms with van der Waals surface area (Å²) in [6.07, 6.45) is 0. The lowest BCUT2D eigenvalue weighted by Gasteiger charge is -2.04. The quantitative estimate of drug-likeness (QED) is 0.597. The summed E-state index contributed by atoms with van der Waals surface area (Å²) < 4.78 is 0. The van der Waals surface area contributed by atoms with E-state index in [1.807, 2.05) is 0 Å². The van der Waals surface area contributed by atoms with Crippen molar-refractivity contribution in [2.24, 2.45) is 0 Å². The van der Waals surface area contributed by atoms with Crippen LogP contribution < -0.4 is 0 Å². The number of rotatable bonds is 2. The van der Waals surface area contributed by atoms with Crippen LogP contribution in [0.3, 0.4) is 0 Å². The van der Waals surface area contributed by atoms with Crippen LogP contribution in [0.1, 0.15) is 31.2 Å². The Balaban J connectivity index is 2.71. The van der Waals surface area contributed by atoms with Gasteiger partial charge in [-0.25, -0.2) is 9.97 Å². The Morgan fingerprint density at radius 2 is 2.13 bits per heavy atom. The zero-order chi connectivity index (χ0) is 11.0. The van der Waals surface area contributed by atoms with Gasteiger partial charge in [0.15, 0.2) is 0 Å². The smallest absolute Gasteiger partial charge is 0.146 e. The molecular weight excluding hydrogens is 251 g/mol. The van der Waals surface area contributed by atoms with Gasteiger partial charge in [0.25, 0.3) is 0 Å². The molecule has 0 aliphatic rings. The molecule has 0 amide bonds. The van der Waals surface area contributed by atoms with Gasteiger partial charge in [-0.15, -0.1) is 22.9 Å². The number of nitrogens with zero attached hydrogens (tertiary/aromatic N) is 2. The maximum atomic E-state index is 6.13. The van der Waals surface area contributed by atoms with Crippen LogP contribution in [0.4, 0.5) is 0 Å². The monoisotopic (exact) mass is 260 g/mol. The molecule has 2 nitrogen and oxygen atoms in total. The highest BCUT2D eigenvalue weighted by atomic mass is 35.5. The van der Waals surface area contributed by atoms with E-state index < -0.39 is 0 Å². The predicted molar refractivity (Wildman–Crippen MR) is 66.1 cm³/mol. The molecule has 0 radical (unpaired) electrons. The first-order valence-electron chi connectivity index (χ1n) is 4.63. The van der Waals surface area contributed by atoms with E-state index in [9.17, 15) is 0 Å². The Labute approximate surface area is 102 Å². The van der Waals surface area contributed by atoms with Crippen LogP contribution in [0.2, 0.25) is 5.15 Å². The molecule has 2 heterocycles. The van der Waals surface area contributed by atoms with Crippen LogP contribution in [0.5, 0.6) is 0 Å². The van der Waals surface area contributed by atoms with Gasteiger partial charge in [0, 0.05) is 0 Å². The molecule has 0 saturated heterocycles. The van der Waals surface area contributed by atoms with Crippen molar-refractivity contribution in [3.05, 3.63) is 21.9 Å². The van der Waals surface area contributed by atoms with E-state index in [4.69, 9.17) is 23.2 Å². The van der Waals surface area contributed by atoms with E-state index in [-0.39, 0.29) is 0 Å². The van der Waals surface area contributed by atoms with Crippen molar-refractivity contribution >= 4 is 44.8 Å². The fourth-order valence-corrected chi connectivity index (χ4v) is 3.04. The van der Waals surface area contributed by atoms with Gasteiger partial charge in [0.1, 0.15) is 15.8 Å². The molecule has 0 bridgehead atoms. The van der Waals surface area contributed by atoms with Gasteiger partial charge < -0.3 is 0 Å². The molecule has 0 spiro atoms. The maximum Gasteiger partial charge on any atom is 0.146 e. The first-order chi connectivity index (χ1) is 7.13. The summed E-state index contributed by atoms with van der Waals surface area (Å²) in [6, 6.07) is 0. The van der Waals surface area contributed by atoms with Crippen LogP contribution in [0, 0.1) is 0 Å². The van der Waals surface area contributed by atoms with Crippen molar-refractivity contribution in [3.63, 3.8) is 0 Å². The Hall–Kier alpha value is -0.380. The molecule has 0 N–H and O–H groups in total. The second-order valence-electron chi connectivity index (χ2n) is 3.59. The Bertz CT molecular complexity index is 493. The molecule has 2 rings (SSSR count). The zero-order valence-corrected chi connectivity index (χ0v) is 10.7. The topological polar surface area (TPSA) is 25.8 Å². The van der Waals surface area contributed by atoms with Crippen molar-refractivity contribution in [2.75, 3.05) is 0 Å².